The Bertz CT molecular complexity index is 785. The van der Waals surface area contributed by atoms with Crippen LogP contribution in [0.5, 0.6) is 0 Å². The number of halogens is 1. The monoisotopic (exact) mass is 347 g/mol. The quantitative estimate of drug-likeness (QED) is 0.854. The second kappa shape index (κ2) is 7.13. The molecule has 1 amide bonds. The van der Waals surface area contributed by atoms with Gasteiger partial charge in [0.2, 0.25) is 0 Å². The van der Waals surface area contributed by atoms with Gasteiger partial charge in [0.25, 0.3) is 5.91 Å². The standard InChI is InChI=1S/C18H18FNO3S/c1-11-6-7-12(8-15(11)19)20-17(21)9-23-18(22)14-10-24-16-5-3-2-4-13(14)16/h6-8,10H,2-5,9H2,1H3,(H,20,21). The number of aryl methyl sites for hydroxylation is 2. The summed E-state index contributed by atoms with van der Waals surface area (Å²) in [4.78, 5) is 25.3. The third-order valence-corrected chi connectivity index (χ3v) is 5.16. The molecule has 1 aliphatic rings. The van der Waals surface area contributed by atoms with E-state index >= 15 is 0 Å². The van der Waals surface area contributed by atoms with Crippen LogP contribution in [0.3, 0.4) is 0 Å². The summed E-state index contributed by atoms with van der Waals surface area (Å²) in [6, 6.07) is 4.42. The summed E-state index contributed by atoms with van der Waals surface area (Å²) in [6.45, 7) is 1.25. The highest BCUT2D eigenvalue weighted by molar-refractivity contribution is 7.10. The second-order valence-corrected chi connectivity index (χ2v) is 6.81. The Balaban J connectivity index is 1.57. The zero-order valence-corrected chi connectivity index (χ0v) is 14.2. The number of esters is 1. The van der Waals surface area contributed by atoms with E-state index in [9.17, 15) is 14.0 Å². The summed E-state index contributed by atoms with van der Waals surface area (Å²) in [5.41, 5.74) is 2.48. The predicted molar refractivity (Wildman–Crippen MR) is 91.0 cm³/mol. The van der Waals surface area contributed by atoms with Crippen LogP contribution >= 0.6 is 11.3 Å². The van der Waals surface area contributed by atoms with Crippen molar-refractivity contribution in [1.82, 2.24) is 0 Å². The average molecular weight is 347 g/mol. The molecule has 1 aromatic heterocycles. The highest BCUT2D eigenvalue weighted by Gasteiger charge is 2.21. The van der Waals surface area contributed by atoms with Gasteiger partial charge in [-0.3, -0.25) is 4.79 Å². The molecule has 0 spiro atoms. The van der Waals surface area contributed by atoms with Gasteiger partial charge in [0, 0.05) is 15.9 Å². The molecule has 2 aromatic rings. The van der Waals surface area contributed by atoms with Gasteiger partial charge in [-0.05, 0) is 55.9 Å². The Hall–Kier alpha value is -2.21. The molecular weight excluding hydrogens is 329 g/mol. The number of hydrogen-bond donors (Lipinski definition) is 1. The van der Waals surface area contributed by atoms with Crippen molar-refractivity contribution in [1.29, 1.82) is 0 Å². The minimum atomic E-state index is -0.490. The summed E-state index contributed by atoms with van der Waals surface area (Å²) < 4.78 is 18.6. The van der Waals surface area contributed by atoms with E-state index in [4.69, 9.17) is 4.74 Å². The van der Waals surface area contributed by atoms with Crippen molar-refractivity contribution in [3.8, 4) is 0 Å². The number of benzene rings is 1. The summed E-state index contributed by atoms with van der Waals surface area (Å²) in [7, 11) is 0. The van der Waals surface area contributed by atoms with Gasteiger partial charge in [-0.2, -0.15) is 0 Å². The van der Waals surface area contributed by atoms with Crippen LogP contribution in [0.1, 0.15) is 39.2 Å². The van der Waals surface area contributed by atoms with Crippen LogP contribution in [0.4, 0.5) is 10.1 Å². The first kappa shape index (κ1) is 16.6. The highest BCUT2D eigenvalue weighted by atomic mass is 32.1. The van der Waals surface area contributed by atoms with Crippen molar-refractivity contribution >= 4 is 28.9 Å². The van der Waals surface area contributed by atoms with Crippen molar-refractivity contribution < 1.29 is 18.7 Å². The first-order chi connectivity index (χ1) is 11.5. The van der Waals surface area contributed by atoms with Gasteiger partial charge in [0.15, 0.2) is 6.61 Å². The fraction of sp³-hybridized carbons (Fsp3) is 0.333. The summed E-state index contributed by atoms with van der Waals surface area (Å²) in [5, 5.41) is 4.33. The Morgan fingerprint density at radius 2 is 2.08 bits per heavy atom. The lowest BCUT2D eigenvalue weighted by molar-refractivity contribution is -0.119. The third kappa shape index (κ3) is 3.64. The number of ether oxygens (including phenoxy) is 1. The molecule has 0 saturated carbocycles. The SMILES string of the molecule is Cc1ccc(NC(=O)COC(=O)c2csc3c2CCCC3)cc1F. The maximum absolute atomic E-state index is 13.5. The van der Waals surface area contributed by atoms with Crippen LogP contribution < -0.4 is 5.32 Å². The number of hydrogen-bond acceptors (Lipinski definition) is 4. The molecule has 0 aliphatic heterocycles. The van der Waals surface area contributed by atoms with Crippen molar-refractivity contribution in [3.63, 3.8) is 0 Å². The molecule has 0 fully saturated rings. The van der Waals surface area contributed by atoms with Gasteiger partial charge in [-0.1, -0.05) is 6.07 Å². The van der Waals surface area contributed by atoms with Crippen LogP contribution in [0.2, 0.25) is 0 Å². The molecular formula is C18H18FNO3S. The predicted octanol–water partition coefficient (Wildman–Crippen LogP) is 3.87. The number of nitrogens with one attached hydrogen (secondary N) is 1. The first-order valence-electron chi connectivity index (χ1n) is 7.87. The minimum Gasteiger partial charge on any atom is -0.452 e. The van der Waals surface area contributed by atoms with Crippen LogP contribution in [-0.4, -0.2) is 18.5 Å². The molecule has 0 saturated heterocycles. The molecule has 0 bridgehead atoms. The minimum absolute atomic E-state index is 0.340. The van der Waals surface area contributed by atoms with Gasteiger partial charge in [0.05, 0.1) is 5.56 Å². The number of rotatable bonds is 4. The summed E-state index contributed by atoms with van der Waals surface area (Å²) >= 11 is 1.58. The van der Waals surface area contributed by atoms with Gasteiger partial charge in [0.1, 0.15) is 5.82 Å². The van der Waals surface area contributed by atoms with Gasteiger partial charge in [-0.25, -0.2) is 9.18 Å². The molecule has 1 heterocycles. The van der Waals surface area contributed by atoms with Gasteiger partial charge < -0.3 is 10.1 Å². The number of fused-ring (bicyclic) bond motifs is 1. The largest absolute Gasteiger partial charge is 0.452 e. The Kier molecular flexibility index (Phi) is 4.94. The molecule has 6 heteroatoms. The van der Waals surface area contributed by atoms with Crippen LogP contribution in [0.25, 0.3) is 0 Å². The lowest BCUT2D eigenvalue weighted by atomic mass is 9.96. The van der Waals surface area contributed by atoms with Crippen LogP contribution in [0, 0.1) is 12.7 Å². The molecule has 1 aromatic carbocycles. The topological polar surface area (TPSA) is 55.4 Å². The highest BCUT2D eigenvalue weighted by Crippen LogP contribution is 2.30. The Morgan fingerprint density at radius 1 is 1.29 bits per heavy atom. The maximum atomic E-state index is 13.5. The van der Waals surface area contributed by atoms with Crippen molar-refractivity contribution in [2.45, 2.75) is 32.6 Å². The van der Waals surface area contributed by atoms with E-state index in [1.165, 1.54) is 10.9 Å². The molecule has 0 atom stereocenters. The lowest BCUT2D eigenvalue weighted by Crippen LogP contribution is -2.21. The normalized spacial score (nSPS) is 13.2. The summed E-state index contributed by atoms with van der Waals surface area (Å²) in [5.74, 6) is -1.36. The molecule has 0 unspecified atom stereocenters. The molecule has 1 aliphatic carbocycles. The van der Waals surface area contributed by atoms with Gasteiger partial charge in [-0.15, -0.1) is 11.3 Å². The van der Waals surface area contributed by atoms with E-state index in [1.54, 1.807) is 30.4 Å². The van der Waals surface area contributed by atoms with Crippen LogP contribution in [-0.2, 0) is 22.4 Å². The third-order valence-electron chi connectivity index (χ3n) is 4.07. The lowest BCUT2D eigenvalue weighted by Gasteiger charge is -2.12. The zero-order chi connectivity index (χ0) is 17.1. The fourth-order valence-electron chi connectivity index (χ4n) is 2.74. The Labute approximate surface area is 143 Å². The van der Waals surface area contributed by atoms with E-state index in [-0.39, 0.29) is 6.61 Å². The van der Waals surface area contributed by atoms with Gasteiger partial charge >= 0.3 is 5.97 Å². The van der Waals surface area contributed by atoms with E-state index in [0.29, 0.717) is 16.8 Å². The molecule has 3 rings (SSSR count). The van der Waals surface area contributed by atoms with Crippen molar-refractivity contribution in [2.75, 3.05) is 11.9 Å². The maximum Gasteiger partial charge on any atom is 0.339 e. The zero-order valence-electron chi connectivity index (χ0n) is 13.4. The number of carbonyl (C=O) groups excluding carboxylic acids is 2. The summed E-state index contributed by atoms with van der Waals surface area (Å²) in [6.07, 6.45) is 4.12. The average Bonchev–Trinajstić information content (AvgIpc) is 3.00. The smallest absolute Gasteiger partial charge is 0.339 e. The molecule has 0 radical (unpaired) electrons. The number of amides is 1. The number of anilines is 1. The molecule has 4 nitrogen and oxygen atoms in total. The van der Waals surface area contributed by atoms with Crippen molar-refractivity contribution in [2.24, 2.45) is 0 Å². The van der Waals surface area contributed by atoms with Crippen LogP contribution in [0.15, 0.2) is 23.6 Å². The number of thiophene rings is 1. The molecule has 1 N–H and O–H groups in total. The Morgan fingerprint density at radius 3 is 2.88 bits per heavy atom. The van der Waals surface area contributed by atoms with E-state index in [2.05, 4.69) is 5.32 Å². The molecule has 126 valence electrons. The second-order valence-electron chi connectivity index (χ2n) is 5.85. The number of carbonyl (C=O) groups is 2. The first-order valence-corrected chi connectivity index (χ1v) is 8.75. The van der Waals surface area contributed by atoms with E-state index in [1.807, 2.05) is 5.38 Å². The van der Waals surface area contributed by atoms with Crippen molar-refractivity contribution in [3.05, 3.63) is 51.0 Å². The fourth-order valence-corrected chi connectivity index (χ4v) is 3.86. The van der Waals surface area contributed by atoms with E-state index < -0.39 is 17.7 Å². The molecule has 24 heavy (non-hydrogen) atoms. The van der Waals surface area contributed by atoms with E-state index in [0.717, 1.165) is 31.2 Å².